The van der Waals surface area contributed by atoms with Crippen LogP contribution in [-0.4, -0.2) is 18.4 Å². The van der Waals surface area contributed by atoms with Crippen LogP contribution in [0.5, 0.6) is 0 Å². The van der Waals surface area contributed by atoms with Crippen molar-refractivity contribution in [3.8, 4) is 0 Å². The summed E-state index contributed by atoms with van der Waals surface area (Å²) in [5, 5.41) is 0. The lowest BCUT2D eigenvalue weighted by Gasteiger charge is -2.23. The summed E-state index contributed by atoms with van der Waals surface area (Å²) in [4.78, 5) is 11.7. The van der Waals surface area contributed by atoms with Gasteiger partial charge in [0.15, 0.2) is 0 Å². The Morgan fingerprint density at radius 1 is 1.05 bits per heavy atom. The van der Waals surface area contributed by atoms with E-state index in [2.05, 4.69) is 32.9 Å². The number of carbonyl (C=O) groups excluding carboxylic acids is 1. The van der Waals surface area contributed by atoms with Crippen LogP contribution < -0.4 is 0 Å². The van der Waals surface area contributed by atoms with Gasteiger partial charge in [0.25, 0.3) is 0 Å². The first-order valence-electron chi connectivity index (χ1n) is 8.88. The van der Waals surface area contributed by atoms with E-state index in [1.807, 2.05) is 13.8 Å². The molecule has 0 rings (SSSR count). The van der Waals surface area contributed by atoms with E-state index < -0.39 is 11.8 Å². The van der Waals surface area contributed by atoms with Crippen LogP contribution >= 0.6 is 0 Å². The van der Waals surface area contributed by atoms with Gasteiger partial charge in [-0.2, -0.15) is 0 Å². The Bertz CT molecular complexity index is 306. The van der Waals surface area contributed by atoms with Crippen molar-refractivity contribution in [3.05, 3.63) is 12.2 Å². The van der Waals surface area contributed by atoms with E-state index in [-0.39, 0.29) is 0 Å². The minimum atomic E-state index is -0.546. The zero-order chi connectivity index (χ0) is 16.8. The van der Waals surface area contributed by atoms with Gasteiger partial charge in [0.05, 0.1) is 6.61 Å². The smallest absolute Gasteiger partial charge is 0.434 e. The molecule has 0 atom stereocenters. The molecule has 0 aromatic carbocycles. The van der Waals surface area contributed by atoms with Crippen molar-refractivity contribution < 1.29 is 14.3 Å². The Balaban J connectivity index is 3.73. The predicted molar refractivity (Wildman–Crippen MR) is 93.1 cm³/mol. The highest BCUT2D eigenvalue weighted by atomic mass is 16.7. The molecule has 0 bridgehead atoms. The molecule has 0 aliphatic carbocycles. The number of ether oxygens (including phenoxy) is 2. The standard InChI is InChI=1S/C19H36O3/c1-6-7-8-9-10-13-16-21-18(20)22-19(4,5)15-12-11-14-17(2)3/h11-12,17H,6-10,13-16H2,1-5H3/b12-11-. The van der Waals surface area contributed by atoms with E-state index in [4.69, 9.17) is 9.47 Å². The van der Waals surface area contributed by atoms with Gasteiger partial charge in [-0.1, -0.05) is 65.0 Å². The van der Waals surface area contributed by atoms with Gasteiger partial charge < -0.3 is 9.47 Å². The van der Waals surface area contributed by atoms with Gasteiger partial charge >= 0.3 is 6.16 Å². The van der Waals surface area contributed by atoms with Gasteiger partial charge in [0.1, 0.15) is 5.60 Å². The van der Waals surface area contributed by atoms with Crippen LogP contribution in [0.1, 0.15) is 86.0 Å². The molecule has 0 amide bonds. The molecule has 0 unspecified atom stereocenters. The molecule has 0 aromatic heterocycles. The molecule has 0 radical (unpaired) electrons. The molecule has 0 aromatic rings. The summed E-state index contributed by atoms with van der Waals surface area (Å²) in [6.07, 6.45) is 12.5. The molecule has 0 saturated heterocycles. The van der Waals surface area contributed by atoms with Crippen LogP contribution in [0.25, 0.3) is 0 Å². The summed E-state index contributed by atoms with van der Waals surface area (Å²) in [6.45, 7) is 10.9. The average molecular weight is 312 g/mol. The molecular formula is C19H36O3. The molecule has 0 aliphatic heterocycles. The third kappa shape index (κ3) is 14.0. The van der Waals surface area contributed by atoms with Gasteiger partial charge in [-0.05, 0) is 32.6 Å². The highest BCUT2D eigenvalue weighted by Gasteiger charge is 2.22. The van der Waals surface area contributed by atoms with Gasteiger partial charge in [-0.15, -0.1) is 0 Å². The maximum atomic E-state index is 11.7. The SMILES string of the molecule is CCCCCCCCOC(=O)OC(C)(C)C/C=C\CC(C)C. The molecule has 0 N–H and O–H groups in total. The number of allylic oxidation sites excluding steroid dienone is 1. The highest BCUT2D eigenvalue weighted by molar-refractivity contribution is 5.60. The Labute approximate surface area is 137 Å². The summed E-state index contributed by atoms with van der Waals surface area (Å²) >= 11 is 0. The van der Waals surface area contributed by atoms with E-state index >= 15 is 0 Å². The maximum absolute atomic E-state index is 11.7. The zero-order valence-corrected chi connectivity index (χ0v) is 15.3. The van der Waals surface area contributed by atoms with Crippen molar-refractivity contribution in [1.82, 2.24) is 0 Å². The van der Waals surface area contributed by atoms with E-state index in [1.54, 1.807) is 0 Å². The molecule has 3 nitrogen and oxygen atoms in total. The van der Waals surface area contributed by atoms with Crippen LogP contribution in [0.3, 0.4) is 0 Å². The lowest BCUT2D eigenvalue weighted by Crippen LogP contribution is -2.28. The Hall–Kier alpha value is -0.990. The third-order valence-electron chi connectivity index (χ3n) is 3.46. The first-order chi connectivity index (χ1) is 10.4. The molecule has 0 saturated carbocycles. The molecule has 22 heavy (non-hydrogen) atoms. The number of hydrogen-bond donors (Lipinski definition) is 0. The van der Waals surface area contributed by atoms with Crippen molar-refractivity contribution in [2.45, 2.75) is 91.6 Å². The van der Waals surface area contributed by atoms with Crippen LogP contribution in [0.4, 0.5) is 4.79 Å². The predicted octanol–water partition coefficient (Wildman–Crippen LogP) is 6.27. The van der Waals surface area contributed by atoms with E-state index in [1.165, 1.54) is 25.7 Å². The third-order valence-corrected chi connectivity index (χ3v) is 3.46. The number of rotatable bonds is 12. The molecule has 0 aliphatic rings. The Kier molecular flexibility index (Phi) is 12.0. The largest absolute Gasteiger partial charge is 0.508 e. The molecule has 0 spiro atoms. The number of carbonyl (C=O) groups is 1. The lowest BCUT2D eigenvalue weighted by atomic mass is 10.0. The number of unbranched alkanes of at least 4 members (excludes halogenated alkanes) is 5. The molecule has 0 heterocycles. The average Bonchev–Trinajstić information content (AvgIpc) is 2.42. The van der Waals surface area contributed by atoms with E-state index in [0.717, 1.165) is 19.3 Å². The summed E-state index contributed by atoms with van der Waals surface area (Å²) in [5.74, 6) is 0.655. The summed E-state index contributed by atoms with van der Waals surface area (Å²) in [5.41, 5.74) is -0.508. The zero-order valence-electron chi connectivity index (χ0n) is 15.3. The van der Waals surface area contributed by atoms with Crippen LogP contribution in [0, 0.1) is 5.92 Å². The monoisotopic (exact) mass is 312 g/mol. The van der Waals surface area contributed by atoms with Crippen molar-refractivity contribution in [2.24, 2.45) is 5.92 Å². The minimum absolute atomic E-state index is 0.463. The summed E-state index contributed by atoms with van der Waals surface area (Å²) < 4.78 is 10.5. The van der Waals surface area contributed by atoms with Crippen molar-refractivity contribution >= 4 is 6.16 Å². The van der Waals surface area contributed by atoms with Crippen LogP contribution in [-0.2, 0) is 9.47 Å². The van der Waals surface area contributed by atoms with E-state index in [9.17, 15) is 4.79 Å². The van der Waals surface area contributed by atoms with Crippen molar-refractivity contribution in [1.29, 1.82) is 0 Å². The molecule has 130 valence electrons. The van der Waals surface area contributed by atoms with Crippen molar-refractivity contribution in [3.63, 3.8) is 0 Å². The normalized spacial score (nSPS) is 12.1. The second kappa shape index (κ2) is 12.5. The fourth-order valence-electron chi connectivity index (χ4n) is 2.07. The lowest BCUT2D eigenvalue weighted by molar-refractivity contribution is -0.0153. The fourth-order valence-corrected chi connectivity index (χ4v) is 2.07. The van der Waals surface area contributed by atoms with Gasteiger partial charge in [0.2, 0.25) is 0 Å². The minimum Gasteiger partial charge on any atom is -0.434 e. The fraction of sp³-hybridized carbons (Fsp3) is 0.842. The van der Waals surface area contributed by atoms with Gasteiger partial charge in [0, 0.05) is 6.42 Å². The number of hydrogen-bond acceptors (Lipinski definition) is 3. The summed E-state index contributed by atoms with van der Waals surface area (Å²) in [7, 11) is 0. The Morgan fingerprint density at radius 2 is 1.68 bits per heavy atom. The van der Waals surface area contributed by atoms with Crippen LogP contribution in [0.15, 0.2) is 12.2 Å². The molecule has 3 heteroatoms. The Morgan fingerprint density at radius 3 is 2.32 bits per heavy atom. The second-order valence-corrected chi connectivity index (χ2v) is 7.03. The molecule has 0 fully saturated rings. The van der Waals surface area contributed by atoms with Crippen LogP contribution in [0.2, 0.25) is 0 Å². The topological polar surface area (TPSA) is 35.5 Å². The first kappa shape index (κ1) is 21.0. The first-order valence-corrected chi connectivity index (χ1v) is 8.88. The second-order valence-electron chi connectivity index (χ2n) is 7.03. The van der Waals surface area contributed by atoms with E-state index in [0.29, 0.717) is 18.9 Å². The summed E-state index contributed by atoms with van der Waals surface area (Å²) in [6, 6.07) is 0. The van der Waals surface area contributed by atoms with Gasteiger partial charge in [-0.3, -0.25) is 0 Å². The molecular weight excluding hydrogens is 276 g/mol. The van der Waals surface area contributed by atoms with Crippen molar-refractivity contribution in [2.75, 3.05) is 6.61 Å². The maximum Gasteiger partial charge on any atom is 0.508 e. The highest BCUT2D eigenvalue weighted by Crippen LogP contribution is 2.17. The van der Waals surface area contributed by atoms with Gasteiger partial charge in [-0.25, -0.2) is 4.79 Å². The quantitative estimate of drug-likeness (QED) is 0.242.